The van der Waals surface area contributed by atoms with E-state index in [0.717, 1.165) is 16.9 Å². The highest BCUT2D eigenvalue weighted by Gasteiger charge is 2.13. The van der Waals surface area contributed by atoms with Gasteiger partial charge in [-0.15, -0.1) is 0 Å². The average molecular weight is 277 g/mol. The summed E-state index contributed by atoms with van der Waals surface area (Å²) in [5, 5.41) is 0.435. The van der Waals surface area contributed by atoms with Crippen molar-refractivity contribution in [3.05, 3.63) is 46.4 Å². The molecule has 1 heterocycles. The zero-order valence-electron chi connectivity index (χ0n) is 11.6. The normalized spacial score (nSPS) is 10.8. The van der Waals surface area contributed by atoms with Crippen molar-refractivity contribution in [2.24, 2.45) is 0 Å². The standard InChI is InChI=1S/C15H17ClN2O/c1-9(2)12-7-5-6-8-13(12)19-15-10(3)14(16)17-11(4)18-15/h5-9H,1-4H3. The van der Waals surface area contributed by atoms with Crippen LogP contribution in [0.4, 0.5) is 0 Å². The van der Waals surface area contributed by atoms with Crippen molar-refractivity contribution >= 4 is 11.6 Å². The van der Waals surface area contributed by atoms with Crippen LogP contribution in [0.15, 0.2) is 24.3 Å². The molecule has 0 radical (unpaired) electrons. The predicted octanol–water partition coefficient (Wildman–Crippen LogP) is 4.66. The second-order valence-electron chi connectivity index (χ2n) is 4.79. The lowest BCUT2D eigenvalue weighted by Crippen LogP contribution is -2.00. The van der Waals surface area contributed by atoms with Crippen molar-refractivity contribution in [3.8, 4) is 11.6 Å². The van der Waals surface area contributed by atoms with E-state index in [1.54, 1.807) is 6.92 Å². The Morgan fingerprint density at radius 1 is 1.11 bits per heavy atom. The van der Waals surface area contributed by atoms with Crippen LogP contribution in [0.1, 0.15) is 36.7 Å². The molecule has 0 atom stereocenters. The predicted molar refractivity (Wildman–Crippen MR) is 77.1 cm³/mol. The third kappa shape index (κ3) is 3.04. The van der Waals surface area contributed by atoms with E-state index in [9.17, 15) is 0 Å². The Balaban J connectivity index is 2.42. The van der Waals surface area contributed by atoms with Gasteiger partial charge in [0.05, 0.1) is 0 Å². The van der Waals surface area contributed by atoms with Gasteiger partial charge in [-0.25, -0.2) is 4.98 Å². The molecule has 0 saturated heterocycles. The minimum absolute atomic E-state index is 0.384. The zero-order valence-corrected chi connectivity index (χ0v) is 12.3. The smallest absolute Gasteiger partial charge is 0.226 e. The molecular formula is C15H17ClN2O. The van der Waals surface area contributed by atoms with Gasteiger partial charge in [0, 0.05) is 5.56 Å². The van der Waals surface area contributed by atoms with Gasteiger partial charge in [0.25, 0.3) is 0 Å². The van der Waals surface area contributed by atoms with Crippen LogP contribution in [0.25, 0.3) is 0 Å². The maximum Gasteiger partial charge on any atom is 0.226 e. The van der Waals surface area contributed by atoms with Crippen LogP contribution in [0, 0.1) is 13.8 Å². The van der Waals surface area contributed by atoms with Gasteiger partial charge in [0.1, 0.15) is 16.7 Å². The molecule has 1 aromatic heterocycles. The molecular weight excluding hydrogens is 260 g/mol. The summed E-state index contributed by atoms with van der Waals surface area (Å²) in [5.74, 6) is 2.32. The molecule has 0 aliphatic rings. The molecule has 0 bridgehead atoms. The number of aromatic nitrogens is 2. The number of rotatable bonds is 3. The van der Waals surface area contributed by atoms with E-state index >= 15 is 0 Å². The summed E-state index contributed by atoms with van der Waals surface area (Å²) in [6.07, 6.45) is 0. The second-order valence-corrected chi connectivity index (χ2v) is 5.14. The molecule has 0 aliphatic heterocycles. The quantitative estimate of drug-likeness (QED) is 0.765. The van der Waals surface area contributed by atoms with Gasteiger partial charge in [0.2, 0.25) is 5.88 Å². The van der Waals surface area contributed by atoms with Gasteiger partial charge < -0.3 is 4.74 Å². The van der Waals surface area contributed by atoms with Gasteiger partial charge in [0.15, 0.2) is 0 Å². The lowest BCUT2D eigenvalue weighted by atomic mass is 10.0. The average Bonchev–Trinajstić information content (AvgIpc) is 2.35. The molecule has 19 heavy (non-hydrogen) atoms. The number of ether oxygens (including phenoxy) is 1. The molecule has 0 N–H and O–H groups in total. The summed E-state index contributed by atoms with van der Waals surface area (Å²) in [6, 6.07) is 7.96. The highest BCUT2D eigenvalue weighted by Crippen LogP contribution is 2.32. The van der Waals surface area contributed by atoms with Crippen LogP contribution >= 0.6 is 11.6 Å². The van der Waals surface area contributed by atoms with Crippen LogP contribution in [0.2, 0.25) is 5.15 Å². The van der Waals surface area contributed by atoms with Gasteiger partial charge in [-0.2, -0.15) is 4.98 Å². The summed E-state index contributed by atoms with van der Waals surface area (Å²) in [6.45, 7) is 7.92. The fraction of sp³-hybridized carbons (Fsp3) is 0.333. The van der Waals surface area contributed by atoms with Crippen LogP contribution < -0.4 is 4.74 Å². The van der Waals surface area contributed by atoms with Crippen LogP contribution in [0.3, 0.4) is 0 Å². The van der Waals surface area contributed by atoms with Crippen LogP contribution in [-0.4, -0.2) is 9.97 Å². The number of nitrogens with zero attached hydrogens (tertiary/aromatic N) is 2. The minimum atomic E-state index is 0.384. The summed E-state index contributed by atoms with van der Waals surface area (Å²) in [7, 11) is 0. The van der Waals surface area contributed by atoms with Crippen molar-refractivity contribution in [2.75, 3.05) is 0 Å². The first-order valence-corrected chi connectivity index (χ1v) is 6.64. The molecule has 0 spiro atoms. The number of hydrogen-bond acceptors (Lipinski definition) is 3. The van der Waals surface area contributed by atoms with Crippen molar-refractivity contribution in [1.82, 2.24) is 9.97 Å². The summed E-state index contributed by atoms with van der Waals surface area (Å²) < 4.78 is 5.93. The minimum Gasteiger partial charge on any atom is -0.438 e. The Bertz CT molecular complexity index is 597. The largest absolute Gasteiger partial charge is 0.438 e. The summed E-state index contributed by atoms with van der Waals surface area (Å²) >= 11 is 6.06. The Morgan fingerprint density at radius 2 is 1.79 bits per heavy atom. The molecule has 0 amide bonds. The molecule has 2 aromatic rings. The molecule has 0 fully saturated rings. The van der Waals surface area contributed by atoms with Crippen molar-refractivity contribution < 1.29 is 4.74 Å². The second kappa shape index (κ2) is 5.57. The van der Waals surface area contributed by atoms with E-state index in [1.807, 2.05) is 25.1 Å². The molecule has 0 unspecified atom stereocenters. The molecule has 100 valence electrons. The molecule has 3 nitrogen and oxygen atoms in total. The van der Waals surface area contributed by atoms with Crippen molar-refractivity contribution in [2.45, 2.75) is 33.6 Å². The highest BCUT2D eigenvalue weighted by molar-refractivity contribution is 6.30. The van der Waals surface area contributed by atoms with Crippen molar-refractivity contribution in [1.29, 1.82) is 0 Å². The first kappa shape index (κ1) is 13.8. The number of benzene rings is 1. The fourth-order valence-corrected chi connectivity index (χ4v) is 2.03. The zero-order chi connectivity index (χ0) is 14.0. The van der Waals surface area contributed by atoms with Gasteiger partial charge in [-0.3, -0.25) is 0 Å². The maximum absolute atomic E-state index is 6.06. The molecule has 1 aromatic carbocycles. The van der Waals surface area contributed by atoms with Crippen LogP contribution in [-0.2, 0) is 0 Å². The SMILES string of the molecule is Cc1nc(Cl)c(C)c(Oc2ccccc2C(C)C)n1. The van der Waals surface area contributed by atoms with Crippen molar-refractivity contribution in [3.63, 3.8) is 0 Å². The molecule has 0 saturated carbocycles. The molecule has 0 aliphatic carbocycles. The Kier molecular flexibility index (Phi) is 4.05. The number of para-hydroxylation sites is 1. The van der Waals surface area contributed by atoms with E-state index < -0.39 is 0 Å². The van der Waals surface area contributed by atoms with E-state index in [-0.39, 0.29) is 0 Å². The van der Waals surface area contributed by atoms with E-state index in [4.69, 9.17) is 16.3 Å². The van der Waals surface area contributed by atoms with Crippen LogP contribution in [0.5, 0.6) is 11.6 Å². The number of hydrogen-bond donors (Lipinski definition) is 0. The topological polar surface area (TPSA) is 35.0 Å². The third-order valence-electron chi connectivity index (χ3n) is 2.90. The number of aryl methyl sites for hydroxylation is 1. The first-order chi connectivity index (χ1) is 8.99. The highest BCUT2D eigenvalue weighted by atomic mass is 35.5. The third-order valence-corrected chi connectivity index (χ3v) is 3.27. The molecule has 2 rings (SSSR count). The lowest BCUT2D eigenvalue weighted by molar-refractivity contribution is 0.447. The Morgan fingerprint density at radius 3 is 2.47 bits per heavy atom. The monoisotopic (exact) mass is 276 g/mol. The summed E-state index contributed by atoms with van der Waals surface area (Å²) in [5.41, 5.74) is 1.90. The first-order valence-electron chi connectivity index (χ1n) is 6.26. The van der Waals surface area contributed by atoms with Gasteiger partial charge in [-0.1, -0.05) is 43.6 Å². The fourth-order valence-electron chi connectivity index (χ4n) is 1.82. The van der Waals surface area contributed by atoms with E-state index in [2.05, 4.69) is 29.9 Å². The van der Waals surface area contributed by atoms with E-state index in [0.29, 0.717) is 22.8 Å². The Hall–Kier alpha value is -1.61. The molecule has 4 heteroatoms. The maximum atomic E-state index is 6.06. The van der Waals surface area contributed by atoms with Gasteiger partial charge in [-0.05, 0) is 31.4 Å². The van der Waals surface area contributed by atoms with E-state index in [1.165, 1.54) is 0 Å². The lowest BCUT2D eigenvalue weighted by Gasteiger charge is -2.14. The Labute approximate surface area is 118 Å². The summed E-state index contributed by atoms with van der Waals surface area (Å²) in [4.78, 5) is 8.42. The number of halogens is 1. The van der Waals surface area contributed by atoms with Gasteiger partial charge >= 0.3 is 0 Å².